The lowest BCUT2D eigenvalue weighted by molar-refractivity contribution is 0.0370. The van der Waals surface area contributed by atoms with Gasteiger partial charge in [-0.3, -0.25) is 4.90 Å². The van der Waals surface area contributed by atoms with Crippen molar-refractivity contribution in [3.05, 3.63) is 24.3 Å². The summed E-state index contributed by atoms with van der Waals surface area (Å²) in [7, 11) is 0. The van der Waals surface area contributed by atoms with Crippen LogP contribution < -0.4 is 5.73 Å². The summed E-state index contributed by atoms with van der Waals surface area (Å²) in [6.45, 7) is 5.81. The van der Waals surface area contributed by atoms with Crippen molar-refractivity contribution in [1.29, 1.82) is 0 Å². The summed E-state index contributed by atoms with van der Waals surface area (Å²) in [4.78, 5) is 6.83. The number of fused-ring (bicyclic) bond motifs is 1. The predicted molar refractivity (Wildman–Crippen MR) is 76.0 cm³/mol. The number of hydrogen-bond donors (Lipinski definition) is 1. The second-order valence-corrected chi connectivity index (χ2v) is 4.92. The zero-order chi connectivity index (χ0) is 13.1. The molecule has 5 heteroatoms. The van der Waals surface area contributed by atoms with Gasteiger partial charge in [-0.1, -0.05) is 12.1 Å². The largest absolute Gasteiger partial charge is 0.379 e. The van der Waals surface area contributed by atoms with Crippen molar-refractivity contribution >= 4 is 17.0 Å². The molecule has 5 nitrogen and oxygen atoms in total. The van der Waals surface area contributed by atoms with Crippen LogP contribution in [-0.4, -0.2) is 47.3 Å². The van der Waals surface area contributed by atoms with Crippen molar-refractivity contribution in [3.63, 3.8) is 0 Å². The van der Waals surface area contributed by atoms with E-state index in [4.69, 9.17) is 10.5 Å². The first-order chi connectivity index (χ1) is 9.34. The summed E-state index contributed by atoms with van der Waals surface area (Å²) in [5.74, 6) is 0.614. The molecule has 0 amide bonds. The highest BCUT2D eigenvalue weighted by molar-refractivity contribution is 5.78. The lowest BCUT2D eigenvalue weighted by Gasteiger charge is -2.26. The highest BCUT2D eigenvalue weighted by atomic mass is 16.5. The van der Waals surface area contributed by atoms with Crippen molar-refractivity contribution in [1.82, 2.24) is 14.5 Å². The van der Waals surface area contributed by atoms with Gasteiger partial charge in [-0.05, 0) is 18.6 Å². The van der Waals surface area contributed by atoms with Crippen LogP contribution in [0.25, 0.3) is 11.0 Å². The van der Waals surface area contributed by atoms with Crippen LogP contribution in [0.4, 0.5) is 5.95 Å². The van der Waals surface area contributed by atoms with Crippen molar-refractivity contribution in [2.24, 2.45) is 0 Å². The van der Waals surface area contributed by atoms with Crippen molar-refractivity contribution in [3.8, 4) is 0 Å². The average molecular weight is 260 g/mol. The summed E-state index contributed by atoms with van der Waals surface area (Å²) >= 11 is 0. The second kappa shape index (κ2) is 5.59. The molecule has 0 bridgehead atoms. The molecule has 1 saturated heterocycles. The van der Waals surface area contributed by atoms with Gasteiger partial charge >= 0.3 is 0 Å². The standard InChI is InChI=1S/C14H20N4O/c15-14-16-12-4-1-2-5-13(12)18(14)7-3-6-17-8-10-19-11-9-17/h1-2,4-5H,3,6-11H2,(H2,15,16). The van der Waals surface area contributed by atoms with E-state index >= 15 is 0 Å². The number of rotatable bonds is 4. The Morgan fingerprint density at radius 1 is 1.16 bits per heavy atom. The smallest absolute Gasteiger partial charge is 0.201 e. The molecule has 2 heterocycles. The van der Waals surface area contributed by atoms with E-state index in [2.05, 4.69) is 20.5 Å². The van der Waals surface area contributed by atoms with Crippen LogP contribution in [0, 0.1) is 0 Å². The summed E-state index contributed by atoms with van der Waals surface area (Å²) in [6, 6.07) is 8.10. The monoisotopic (exact) mass is 260 g/mol. The van der Waals surface area contributed by atoms with E-state index in [-0.39, 0.29) is 0 Å². The summed E-state index contributed by atoms with van der Waals surface area (Å²) in [5.41, 5.74) is 8.10. The van der Waals surface area contributed by atoms with Gasteiger partial charge in [0.15, 0.2) is 0 Å². The Bertz CT molecular complexity index is 545. The second-order valence-electron chi connectivity index (χ2n) is 4.92. The van der Waals surface area contributed by atoms with Crippen LogP contribution in [0.5, 0.6) is 0 Å². The number of anilines is 1. The van der Waals surface area contributed by atoms with Gasteiger partial charge < -0.3 is 15.0 Å². The number of benzene rings is 1. The predicted octanol–water partition coefficient (Wildman–Crippen LogP) is 1.34. The number of morpholine rings is 1. The number of aromatic nitrogens is 2. The molecule has 0 radical (unpaired) electrons. The first kappa shape index (κ1) is 12.4. The van der Waals surface area contributed by atoms with Crippen LogP contribution in [0.3, 0.4) is 0 Å². The molecule has 0 saturated carbocycles. The molecule has 0 spiro atoms. The minimum absolute atomic E-state index is 0.614. The van der Waals surface area contributed by atoms with Gasteiger partial charge in [0, 0.05) is 26.2 Å². The average Bonchev–Trinajstić information content (AvgIpc) is 2.76. The highest BCUT2D eigenvalue weighted by Crippen LogP contribution is 2.17. The molecule has 1 aromatic carbocycles. The first-order valence-electron chi connectivity index (χ1n) is 6.85. The number of ether oxygens (including phenoxy) is 1. The van der Waals surface area contributed by atoms with E-state index in [1.807, 2.05) is 18.2 Å². The maximum Gasteiger partial charge on any atom is 0.201 e. The minimum Gasteiger partial charge on any atom is -0.379 e. The first-order valence-corrected chi connectivity index (χ1v) is 6.85. The number of hydrogen-bond acceptors (Lipinski definition) is 4. The van der Waals surface area contributed by atoms with Gasteiger partial charge in [0.1, 0.15) is 0 Å². The van der Waals surface area contributed by atoms with E-state index in [0.717, 1.165) is 56.8 Å². The van der Waals surface area contributed by atoms with Crippen molar-refractivity contribution in [2.75, 3.05) is 38.6 Å². The van der Waals surface area contributed by atoms with E-state index in [1.165, 1.54) is 0 Å². The lowest BCUT2D eigenvalue weighted by atomic mass is 10.3. The maximum absolute atomic E-state index is 5.99. The molecular weight excluding hydrogens is 240 g/mol. The molecule has 0 aliphatic carbocycles. The van der Waals surface area contributed by atoms with Crippen molar-refractivity contribution in [2.45, 2.75) is 13.0 Å². The van der Waals surface area contributed by atoms with Crippen LogP contribution in [-0.2, 0) is 11.3 Å². The van der Waals surface area contributed by atoms with Crippen LogP contribution in [0.2, 0.25) is 0 Å². The molecule has 0 atom stereocenters. The fraction of sp³-hybridized carbons (Fsp3) is 0.500. The van der Waals surface area contributed by atoms with E-state index in [9.17, 15) is 0 Å². The van der Waals surface area contributed by atoms with E-state index in [1.54, 1.807) is 0 Å². The fourth-order valence-electron chi connectivity index (χ4n) is 2.61. The number of nitrogens with zero attached hydrogens (tertiary/aromatic N) is 3. The molecule has 1 fully saturated rings. The molecule has 2 aromatic rings. The minimum atomic E-state index is 0.614. The van der Waals surface area contributed by atoms with Crippen molar-refractivity contribution < 1.29 is 4.74 Å². The van der Waals surface area contributed by atoms with Gasteiger partial charge in [0.2, 0.25) is 5.95 Å². The SMILES string of the molecule is Nc1nc2ccccc2n1CCCN1CCOCC1. The molecule has 1 aliphatic rings. The van der Waals surface area contributed by atoms with Gasteiger partial charge in [-0.2, -0.15) is 0 Å². The third-order valence-electron chi connectivity index (χ3n) is 3.64. The molecule has 19 heavy (non-hydrogen) atoms. The summed E-state index contributed by atoms with van der Waals surface area (Å²) in [6.07, 6.45) is 1.09. The Kier molecular flexibility index (Phi) is 3.66. The molecule has 102 valence electrons. The van der Waals surface area contributed by atoms with Crippen LogP contribution >= 0.6 is 0 Å². The van der Waals surface area contributed by atoms with Crippen LogP contribution in [0.15, 0.2) is 24.3 Å². The van der Waals surface area contributed by atoms with E-state index in [0.29, 0.717) is 5.95 Å². The number of para-hydroxylation sites is 2. The molecule has 3 rings (SSSR count). The lowest BCUT2D eigenvalue weighted by Crippen LogP contribution is -2.37. The zero-order valence-electron chi connectivity index (χ0n) is 11.1. The third kappa shape index (κ3) is 2.72. The number of imidazole rings is 1. The summed E-state index contributed by atoms with van der Waals surface area (Å²) in [5, 5.41) is 0. The Balaban J connectivity index is 1.63. The Labute approximate surface area is 113 Å². The quantitative estimate of drug-likeness (QED) is 0.901. The molecular formula is C14H20N4O. The molecule has 1 aliphatic heterocycles. The Morgan fingerprint density at radius 3 is 2.79 bits per heavy atom. The molecule has 2 N–H and O–H groups in total. The Hall–Kier alpha value is -1.59. The Morgan fingerprint density at radius 2 is 1.95 bits per heavy atom. The van der Waals surface area contributed by atoms with Gasteiger partial charge in [0.25, 0.3) is 0 Å². The summed E-state index contributed by atoms with van der Waals surface area (Å²) < 4.78 is 7.46. The van der Waals surface area contributed by atoms with Crippen LogP contribution in [0.1, 0.15) is 6.42 Å². The maximum atomic E-state index is 5.99. The number of nitrogen functional groups attached to an aromatic ring is 1. The highest BCUT2D eigenvalue weighted by Gasteiger charge is 2.11. The zero-order valence-corrected chi connectivity index (χ0v) is 11.1. The van der Waals surface area contributed by atoms with Gasteiger partial charge in [0.05, 0.1) is 24.2 Å². The number of aryl methyl sites for hydroxylation is 1. The topological polar surface area (TPSA) is 56.3 Å². The fourth-order valence-corrected chi connectivity index (χ4v) is 2.61. The van der Waals surface area contributed by atoms with E-state index < -0.39 is 0 Å². The van der Waals surface area contributed by atoms with Gasteiger partial charge in [-0.25, -0.2) is 4.98 Å². The number of nitrogens with two attached hydrogens (primary N) is 1. The normalized spacial score (nSPS) is 17.1. The molecule has 1 aromatic heterocycles. The third-order valence-corrected chi connectivity index (χ3v) is 3.64. The molecule has 0 unspecified atom stereocenters. The van der Waals surface area contributed by atoms with Gasteiger partial charge in [-0.15, -0.1) is 0 Å².